The van der Waals surface area contributed by atoms with E-state index in [0.717, 1.165) is 12.1 Å². The molecule has 2 N–H and O–H groups in total. The maximum absolute atomic E-state index is 11.6. The van der Waals surface area contributed by atoms with Gasteiger partial charge in [0.05, 0.1) is 18.0 Å². The summed E-state index contributed by atoms with van der Waals surface area (Å²) < 4.78 is 5.00. The van der Waals surface area contributed by atoms with Crippen LogP contribution in [0.15, 0.2) is 24.3 Å². The van der Waals surface area contributed by atoms with Gasteiger partial charge in [-0.3, -0.25) is 4.90 Å². The van der Waals surface area contributed by atoms with Gasteiger partial charge in [-0.2, -0.15) is 0 Å². The summed E-state index contributed by atoms with van der Waals surface area (Å²) in [5, 5.41) is 0. The summed E-state index contributed by atoms with van der Waals surface area (Å²) in [6.07, 6.45) is 0.520. The summed E-state index contributed by atoms with van der Waals surface area (Å²) >= 11 is 0. The van der Waals surface area contributed by atoms with Crippen LogP contribution < -0.4 is 10.6 Å². The molecule has 0 saturated carbocycles. The lowest BCUT2D eigenvalue weighted by Gasteiger charge is -2.33. The van der Waals surface area contributed by atoms with Crippen molar-refractivity contribution in [2.75, 3.05) is 17.2 Å². The molecule has 15 heavy (non-hydrogen) atoms. The minimum Gasteiger partial charge on any atom is -0.449 e. The Morgan fingerprint density at radius 2 is 2.20 bits per heavy atom. The third kappa shape index (κ3) is 1.75. The van der Waals surface area contributed by atoms with E-state index in [2.05, 4.69) is 0 Å². The lowest BCUT2D eigenvalue weighted by atomic mass is 10.1. The van der Waals surface area contributed by atoms with Crippen LogP contribution in [0.25, 0.3) is 0 Å². The molecular weight excluding hydrogens is 192 g/mol. The highest BCUT2D eigenvalue weighted by atomic mass is 16.6. The summed E-state index contributed by atoms with van der Waals surface area (Å²) in [7, 11) is 0. The van der Waals surface area contributed by atoms with Crippen LogP contribution in [-0.2, 0) is 4.74 Å². The number of anilines is 2. The number of carbonyl (C=O) groups is 1. The molecule has 1 amide bonds. The molecule has 1 unspecified atom stereocenters. The molecule has 0 bridgehead atoms. The van der Waals surface area contributed by atoms with Crippen LogP contribution >= 0.6 is 0 Å². The second kappa shape index (κ2) is 3.81. The first-order chi connectivity index (χ1) is 7.20. The van der Waals surface area contributed by atoms with Crippen molar-refractivity contribution in [3.63, 3.8) is 0 Å². The first kappa shape index (κ1) is 9.83. The standard InChI is InChI=1S/C11H14N2O2/c1-8-6-7-15-11(14)13(8)10-5-3-2-4-9(10)12/h2-5,8H,6-7,12H2,1H3. The van der Waals surface area contributed by atoms with Crippen LogP contribution in [0.3, 0.4) is 0 Å². The van der Waals surface area contributed by atoms with Gasteiger partial charge in [0, 0.05) is 12.5 Å². The zero-order valence-electron chi connectivity index (χ0n) is 8.64. The molecule has 1 aromatic rings. The van der Waals surface area contributed by atoms with Crippen molar-refractivity contribution < 1.29 is 9.53 Å². The van der Waals surface area contributed by atoms with E-state index < -0.39 is 0 Å². The highest BCUT2D eigenvalue weighted by Gasteiger charge is 2.28. The van der Waals surface area contributed by atoms with Gasteiger partial charge in [0.1, 0.15) is 0 Å². The molecule has 1 heterocycles. The topological polar surface area (TPSA) is 55.6 Å². The zero-order valence-corrected chi connectivity index (χ0v) is 8.64. The Labute approximate surface area is 88.6 Å². The number of hydrogen-bond donors (Lipinski definition) is 1. The van der Waals surface area contributed by atoms with Crippen molar-refractivity contribution in [3.05, 3.63) is 24.3 Å². The van der Waals surface area contributed by atoms with E-state index in [4.69, 9.17) is 10.5 Å². The molecule has 4 heteroatoms. The maximum atomic E-state index is 11.6. The number of rotatable bonds is 1. The molecule has 1 aliphatic rings. The molecule has 1 fully saturated rings. The monoisotopic (exact) mass is 206 g/mol. The number of nitrogens with zero attached hydrogens (tertiary/aromatic N) is 1. The van der Waals surface area contributed by atoms with Gasteiger partial charge in [-0.15, -0.1) is 0 Å². The molecule has 1 aromatic carbocycles. The fourth-order valence-corrected chi connectivity index (χ4v) is 1.74. The first-order valence-electron chi connectivity index (χ1n) is 5.00. The zero-order chi connectivity index (χ0) is 10.8. The quantitative estimate of drug-likeness (QED) is 0.715. The van der Waals surface area contributed by atoms with Crippen molar-refractivity contribution in [1.29, 1.82) is 0 Å². The smallest absolute Gasteiger partial charge is 0.414 e. The molecule has 1 atom stereocenters. The van der Waals surface area contributed by atoms with Crippen molar-refractivity contribution in [3.8, 4) is 0 Å². The van der Waals surface area contributed by atoms with Crippen LogP contribution in [0.4, 0.5) is 16.2 Å². The molecule has 0 spiro atoms. The third-order valence-corrected chi connectivity index (χ3v) is 2.59. The fourth-order valence-electron chi connectivity index (χ4n) is 1.74. The summed E-state index contributed by atoms with van der Waals surface area (Å²) in [5.41, 5.74) is 7.16. The van der Waals surface area contributed by atoms with Crippen LogP contribution in [-0.4, -0.2) is 18.7 Å². The molecule has 4 nitrogen and oxygen atoms in total. The lowest BCUT2D eigenvalue weighted by molar-refractivity contribution is 0.131. The van der Waals surface area contributed by atoms with Crippen LogP contribution in [0.1, 0.15) is 13.3 Å². The minimum absolute atomic E-state index is 0.135. The summed E-state index contributed by atoms with van der Waals surface area (Å²) in [4.78, 5) is 13.2. The van der Waals surface area contributed by atoms with E-state index in [-0.39, 0.29) is 12.1 Å². The van der Waals surface area contributed by atoms with Gasteiger partial charge >= 0.3 is 6.09 Å². The molecule has 0 radical (unpaired) electrons. The second-order valence-electron chi connectivity index (χ2n) is 3.68. The van der Waals surface area contributed by atoms with Gasteiger partial charge < -0.3 is 10.5 Å². The highest BCUT2D eigenvalue weighted by molar-refractivity contribution is 5.92. The minimum atomic E-state index is -0.313. The predicted molar refractivity (Wildman–Crippen MR) is 58.8 cm³/mol. The Bertz CT molecular complexity index is 379. The maximum Gasteiger partial charge on any atom is 0.414 e. The number of cyclic esters (lactones) is 1. The Morgan fingerprint density at radius 3 is 2.87 bits per heavy atom. The summed E-state index contributed by atoms with van der Waals surface area (Å²) in [5.74, 6) is 0. The third-order valence-electron chi connectivity index (χ3n) is 2.59. The fraction of sp³-hybridized carbons (Fsp3) is 0.364. The number of hydrogen-bond acceptors (Lipinski definition) is 3. The second-order valence-corrected chi connectivity index (χ2v) is 3.68. The normalized spacial score (nSPS) is 21.3. The Hall–Kier alpha value is -1.71. The van der Waals surface area contributed by atoms with E-state index in [1.165, 1.54) is 0 Å². The van der Waals surface area contributed by atoms with Crippen molar-refractivity contribution in [2.24, 2.45) is 0 Å². The van der Waals surface area contributed by atoms with Crippen LogP contribution in [0.5, 0.6) is 0 Å². The van der Waals surface area contributed by atoms with Crippen molar-refractivity contribution in [2.45, 2.75) is 19.4 Å². The van der Waals surface area contributed by atoms with Gasteiger partial charge in [0.25, 0.3) is 0 Å². The van der Waals surface area contributed by atoms with E-state index in [1.54, 1.807) is 11.0 Å². The number of ether oxygens (including phenoxy) is 1. The highest BCUT2D eigenvalue weighted by Crippen LogP contribution is 2.28. The van der Waals surface area contributed by atoms with Gasteiger partial charge in [-0.25, -0.2) is 4.79 Å². The largest absolute Gasteiger partial charge is 0.449 e. The van der Waals surface area contributed by atoms with Gasteiger partial charge in [-0.05, 0) is 19.1 Å². The van der Waals surface area contributed by atoms with E-state index in [1.807, 2.05) is 25.1 Å². The molecular formula is C11H14N2O2. The Balaban J connectivity index is 2.36. The van der Waals surface area contributed by atoms with E-state index >= 15 is 0 Å². The first-order valence-corrected chi connectivity index (χ1v) is 5.00. The number of benzene rings is 1. The van der Waals surface area contributed by atoms with Crippen LogP contribution in [0.2, 0.25) is 0 Å². The number of nitrogen functional groups attached to an aromatic ring is 1. The molecule has 2 rings (SSSR count). The van der Waals surface area contributed by atoms with E-state index in [9.17, 15) is 4.79 Å². The number of nitrogens with two attached hydrogens (primary N) is 1. The summed E-state index contributed by atoms with van der Waals surface area (Å²) in [6, 6.07) is 7.46. The lowest BCUT2D eigenvalue weighted by Crippen LogP contribution is -2.44. The molecule has 0 aliphatic carbocycles. The SMILES string of the molecule is CC1CCOC(=O)N1c1ccccc1N. The number of amides is 1. The average Bonchev–Trinajstić information content (AvgIpc) is 2.20. The molecule has 80 valence electrons. The van der Waals surface area contributed by atoms with E-state index in [0.29, 0.717) is 12.3 Å². The Kier molecular flexibility index (Phi) is 2.49. The summed E-state index contributed by atoms with van der Waals surface area (Å²) in [6.45, 7) is 2.48. The van der Waals surface area contributed by atoms with Crippen molar-refractivity contribution in [1.82, 2.24) is 0 Å². The van der Waals surface area contributed by atoms with Gasteiger partial charge in [-0.1, -0.05) is 12.1 Å². The average molecular weight is 206 g/mol. The number of para-hydroxylation sites is 2. The van der Waals surface area contributed by atoms with Crippen LogP contribution in [0, 0.1) is 0 Å². The van der Waals surface area contributed by atoms with Gasteiger partial charge in [0.2, 0.25) is 0 Å². The molecule has 1 saturated heterocycles. The van der Waals surface area contributed by atoms with Gasteiger partial charge in [0.15, 0.2) is 0 Å². The van der Waals surface area contributed by atoms with Crippen molar-refractivity contribution >= 4 is 17.5 Å². The Morgan fingerprint density at radius 1 is 1.47 bits per heavy atom. The molecule has 1 aliphatic heterocycles. The molecule has 0 aromatic heterocycles. The predicted octanol–water partition coefficient (Wildman–Crippen LogP) is 2.00. The number of carbonyl (C=O) groups excluding carboxylic acids is 1.